The summed E-state index contributed by atoms with van der Waals surface area (Å²) in [6, 6.07) is 0. The van der Waals surface area contributed by atoms with E-state index in [-0.39, 0.29) is 0 Å². The molecule has 0 saturated heterocycles. The predicted molar refractivity (Wildman–Crippen MR) is 117 cm³/mol. The number of carbonyl (C=O) groups excluding carboxylic acids is 1. The van der Waals surface area contributed by atoms with Gasteiger partial charge in [0.25, 0.3) is 0 Å². The lowest BCUT2D eigenvalue weighted by molar-refractivity contribution is -0.133. The third-order valence-electron chi connectivity index (χ3n) is 10.8. The van der Waals surface area contributed by atoms with E-state index in [2.05, 4.69) is 13.8 Å². The molecule has 0 aromatic rings. The van der Waals surface area contributed by atoms with Crippen LogP contribution in [-0.2, 0) is 4.79 Å². The molecule has 0 unspecified atom stereocenters. The molecule has 8 atom stereocenters. The molecular weight excluding hydrogens is 356 g/mol. The summed E-state index contributed by atoms with van der Waals surface area (Å²) in [4.78, 5) is 13.4. The molecule has 5 saturated carbocycles. The molecule has 5 fully saturated rings. The average Bonchev–Trinajstić information content (AvgIpc) is 3.05. The van der Waals surface area contributed by atoms with E-state index in [4.69, 9.17) is 0 Å². The average molecular weight is 401 g/mol. The summed E-state index contributed by atoms with van der Waals surface area (Å²) in [5.41, 5.74) is -0.124. The molecule has 0 spiro atoms. The van der Waals surface area contributed by atoms with Crippen molar-refractivity contribution >= 4 is 5.78 Å². The number of hydrogen-bond donors (Lipinski definition) is 1. The van der Waals surface area contributed by atoms with Gasteiger partial charge in [0, 0.05) is 12.3 Å². The maximum absolute atomic E-state index is 13.4. The van der Waals surface area contributed by atoms with E-state index < -0.39 is 5.60 Å². The topological polar surface area (TPSA) is 37.3 Å². The van der Waals surface area contributed by atoms with Crippen LogP contribution in [0.3, 0.4) is 0 Å². The summed E-state index contributed by atoms with van der Waals surface area (Å²) in [5.74, 6) is 5.86. The normalized spacial score (nSPS) is 50.4. The number of ketones is 1. The first kappa shape index (κ1) is 20.5. The Balaban J connectivity index is 1.28. The van der Waals surface area contributed by atoms with Crippen LogP contribution in [0.2, 0.25) is 0 Å². The van der Waals surface area contributed by atoms with Gasteiger partial charge in [-0.1, -0.05) is 39.0 Å². The van der Waals surface area contributed by atoms with Crippen LogP contribution >= 0.6 is 0 Å². The highest BCUT2D eigenvalue weighted by molar-refractivity contribution is 5.82. The molecular formula is C27H44O2. The summed E-state index contributed by atoms with van der Waals surface area (Å²) in [7, 11) is 0. The van der Waals surface area contributed by atoms with Crippen molar-refractivity contribution < 1.29 is 9.90 Å². The van der Waals surface area contributed by atoms with Gasteiger partial charge in [-0.15, -0.1) is 0 Å². The molecule has 5 aliphatic rings. The van der Waals surface area contributed by atoms with Gasteiger partial charge in [-0.2, -0.15) is 0 Å². The summed E-state index contributed by atoms with van der Waals surface area (Å²) in [6.45, 7) is 4.58. The van der Waals surface area contributed by atoms with E-state index in [0.29, 0.717) is 23.0 Å². The van der Waals surface area contributed by atoms with E-state index in [9.17, 15) is 9.90 Å². The van der Waals surface area contributed by atoms with Crippen molar-refractivity contribution in [2.45, 2.75) is 116 Å². The van der Waals surface area contributed by atoms with Gasteiger partial charge in [0.15, 0.2) is 0 Å². The number of fused-ring (bicyclic) bond motifs is 5. The van der Waals surface area contributed by atoms with Crippen molar-refractivity contribution in [1.29, 1.82) is 0 Å². The number of carbonyl (C=O) groups is 1. The second-order valence-corrected chi connectivity index (χ2v) is 12.5. The van der Waals surface area contributed by atoms with Crippen LogP contribution in [0.4, 0.5) is 0 Å². The highest BCUT2D eigenvalue weighted by Gasteiger charge is 2.58. The fourth-order valence-corrected chi connectivity index (χ4v) is 9.43. The summed E-state index contributed by atoms with van der Waals surface area (Å²) < 4.78 is 0. The fraction of sp³-hybridized carbons (Fsp3) is 0.963. The molecule has 0 aromatic carbocycles. The number of rotatable bonds is 3. The Labute approximate surface area is 178 Å². The van der Waals surface area contributed by atoms with Gasteiger partial charge in [-0.05, 0) is 106 Å². The van der Waals surface area contributed by atoms with Gasteiger partial charge in [-0.25, -0.2) is 0 Å². The fourth-order valence-electron chi connectivity index (χ4n) is 9.43. The highest BCUT2D eigenvalue weighted by atomic mass is 16.3. The first-order chi connectivity index (χ1) is 13.9. The van der Waals surface area contributed by atoms with E-state index >= 15 is 0 Å². The smallest absolute Gasteiger partial charge is 0.136 e. The minimum Gasteiger partial charge on any atom is -0.390 e. The summed E-state index contributed by atoms with van der Waals surface area (Å²) in [5, 5.41) is 10.6. The Kier molecular flexibility index (Phi) is 5.41. The van der Waals surface area contributed by atoms with Gasteiger partial charge >= 0.3 is 0 Å². The van der Waals surface area contributed by atoms with Crippen LogP contribution in [0.25, 0.3) is 0 Å². The molecule has 0 amide bonds. The van der Waals surface area contributed by atoms with E-state index in [1.54, 1.807) is 0 Å². The number of Topliss-reactive ketones (excluding diaryl/α,β-unsaturated/α-hetero) is 1. The molecule has 2 heteroatoms. The molecule has 0 heterocycles. The second-order valence-electron chi connectivity index (χ2n) is 12.5. The number of hydrogen-bond acceptors (Lipinski definition) is 2. The number of aliphatic hydroxyl groups is 1. The van der Waals surface area contributed by atoms with Gasteiger partial charge in [0.1, 0.15) is 5.78 Å². The molecule has 0 radical (unpaired) electrons. The molecule has 164 valence electrons. The maximum Gasteiger partial charge on any atom is 0.136 e. The van der Waals surface area contributed by atoms with Gasteiger partial charge in [0.05, 0.1) is 5.60 Å². The molecule has 0 aliphatic heterocycles. The van der Waals surface area contributed by atoms with Gasteiger partial charge in [-0.3, -0.25) is 4.79 Å². The van der Waals surface area contributed by atoms with Crippen LogP contribution < -0.4 is 0 Å². The molecule has 0 aromatic heterocycles. The largest absolute Gasteiger partial charge is 0.390 e. The highest BCUT2D eigenvalue weighted by Crippen LogP contribution is 2.64. The first-order valence-electron chi connectivity index (χ1n) is 13.1. The van der Waals surface area contributed by atoms with Crippen LogP contribution in [0.1, 0.15) is 110 Å². The lowest BCUT2D eigenvalue weighted by Gasteiger charge is -2.57. The minimum absolute atomic E-state index is 0.292. The second kappa shape index (κ2) is 7.64. The Morgan fingerprint density at radius 2 is 1.59 bits per heavy atom. The summed E-state index contributed by atoms with van der Waals surface area (Å²) in [6.07, 6.45) is 18.7. The van der Waals surface area contributed by atoms with Crippen molar-refractivity contribution in [3.8, 4) is 0 Å². The Morgan fingerprint density at radius 3 is 2.38 bits per heavy atom. The van der Waals surface area contributed by atoms with Crippen LogP contribution in [0, 0.1) is 46.8 Å². The minimum atomic E-state index is -0.415. The molecule has 5 rings (SSSR count). The van der Waals surface area contributed by atoms with Gasteiger partial charge in [0.2, 0.25) is 0 Å². The predicted octanol–water partition coefficient (Wildman–Crippen LogP) is 6.55. The SMILES string of the molecule is C[C@@]1(O)CC[C@H]2[C@H](CC[C@@H]3[C@@H]2CC[C@]2(C)[C@@H](C(=O)CC4CCCCC4)CC[C@@H]32)C1. The van der Waals surface area contributed by atoms with Crippen LogP contribution in [0.15, 0.2) is 0 Å². The van der Waals surface area contributed by atoms with Crippen LogP contribution in [0.5, 0.6) is 0 Å². The molecule has 5 aliphatic carbocycles. The molecule has 0 bridgehead atoms. The Bertz CT molecular complexity index is 618. The van der Waals surface area contributed by atoms with Crippen molar-refractivity contribution in [2.75, 3.05) is 0 Å². The standard InChI is InChI=1S/C27H44O2/c1-26(29)14-12-20-19(17-26)8-9-22-21(20)13-15-27(2)23(22)10-11-24(27)25(28)16-18-6-4-3-5-7-18/h18-24,29H,3-17H2,1-2H3/t19-,20+,21-,22-,23+,24-,26-,27+/m1/s1. The third-order valence-corrected chi connectivity index (χ3v) is 10.8. The Hall–Kier alpha value is -0.370. The zero-order chi connectivity index (χ0) is 20.2. The summed E-state index contributed by atoms with van der Waals surface area (Å²) >= 11 is 0. The zero-order valence-corrected chi connectivity index (χ0v) is 19.0. The Morgan fingerprint density at radius 1 is 0.828 bits per heavy atom. The van der Waals surface area contributed by atoms with Crippen molar-refractivity contribution in [3.05, 3.63) is 0 Å². The lowest BCUT2D eigenvalue weighted by atomic mass is 9.49. The third kappa shape index (κ3) is 3.64. The van der Waals surface area contributed by atoms with E-state index in [1.165, 1.54) is 77.0 Å². The van der Waals surface area contributed by atoms with E-state index in [1.807, 2.05) is 0 Å². The monoisotopic (exact) mass is 400 g/mol. The van der Waals surface area contributed by atoms with E-state index in [0.717, 1.165) is 48.9 Å². The van der Waals surface area contributed by atoms with Crippen molar-refractivity contribution in [1.82, 2.24) is 0 Å². The molecule has 2 nitrogen and oxygen atoms in total. The zero-order valence-electron chi connectivity index (χ0n) is 19.0. The molecule has 29 heavy (non-hydrogen) atoms. The quantitative estimate of drug-likeness (QED) is 0.583. The molecule has 1 N–H and O–H groups in total. The maximum atomic E-state index is 13.4. The first-order valence-corrected chi connectivity index (χ1v) is 13.1. The van der Waals surface area contributed by atoms with Crippen LogP contribution in [-0.4, -0.2) is 16.5 Å². The van der Waals surface area contributed by atoms with Gasteiger partial charge < -0.3 is 5.11 Å². The van der Waals surface area contributed by atoms with Crippen molar-refractivity contribution in [2.24, 2.45) is 46.8 Å². The lowest BCUT2D eigenvalue weighted by Crippen LogP contribution is -2.51. The van der Waals surface area contributed by atoms with Crippen molar-refractivity contribution in [3.63, 3.8) is 0 Å².